The van der Waals surface area contributed by atoms with Crippen LogP contribution in [0.1, 0.15) is 174 Å². The Morgan fingerprint density at radius 2 is 0.824 bits per heavy atom. The van der Waals surface area contributed by atoms with Crippen LogP contribution in [0.25, 0.3) is 0 Å². The summed E-state index contributed by atoms with van der Waals surface area (Å²) in [6.45, 7) is 7.43. The number of rotatable bonds is 29. The number of unbranched alkanes of at least 4 members (excludes halogenated alkanes) is 21. The van der Waals surface area contributed by atoms with Crippen molar-refractivity contribution < 1.29 is 9.53 Å². The van der Waals surface area contributed by atoms with E-state index in [2.05, 4.69) is 19.2 Å². The van der Waals surface area contributed by atoms with Crippen molar-refractivity contribution in [1.29, 1.82) is 0 Å². The second-order valence-corrected chi connectivity index (χ2v) is 10.5. The summed E-state index contributed by atoms with van der Waals surface area (Å²) in [5.41, 5.74) is 0. The molecule has 0 aliphatic heterocycles. The number of nitrogens with one attached hydrogen (secondary N) is 1. The van der Waals surface area contributed by atoms with E-state index < -0.39 is 0 Å². The lowest BCUT2D eigenvalue weighted by atomic mass is 10.0. The molecular formula is C31H63NO2. The highest BCUT2D eigenvalue weighted by Gasteiger charge is 2.02. The number of hydrogen-bond donors (Lipinski definition) is 1. The van der Waals surface area contributed by atoms with Crippen molar-refractivity contribution in [3.05, 3.63) is 0 Å². The quantitative estimate of drug-likeness (QED) is 0.0853. The Morgan fingerprint density at radius 1 is 0.471 bits per heavy atom. The van der Waals surface area contributed by atoms with Crippen LogP contribution < -0.4 is 5.32 Å². The Labute approximate surface area is 215 Å². The van der Waals surface area contributed by atoms with Crippen LogP contribution in [-0.4, -0.2) is 25.7 Å². The summed E-state index contributed by atoms with van der Waals surface area (Å²) in [5.74, 6) is 0.00165. The zero-order valence-corrected chi connectivity index (χ0v) is 23.6. The van der Waals surface area contributed by atoms with Crippen molar-refractivity contribution in [1.82, 2.24) is 5.32 Å². The Bertz CT molecular complexity index is 386. The molecule has 0 bridgehead atoms. The van der Waals surface area contributed by atoms with Gasteiger partial charge in [-0.15, -0.1) is 0 Å². The van der Waals surface area contributed by atoms with Crippen molar-refractivity contribution in [2.75, 3.05) is 19.7 Å². The standard InChI is InChI=1S/C31H63NO2/c1-3-5-7-9-10-11-12-13-14-15-16-17-18-20-24-28-32-29-25-21-19-23-27-31(33)34-30-26-22-8-6-4-2/h32H,3-30H2,1-2H3. The molecule has 0 unspecified atom stereocenters. The maximum Gasteiger partial charge on any atom is 0.305 e. The monoisotopic (exact) mass is 481 g/mol. The van der Waals surface area contributed by atoms with E-state index in [0.717, 1.165) is 25.8 Å². The Morgan fingerprint density at radius 3 is 1.26 bits per heavy atom. The molecule has 0 saturated carbocycles. The predicted octanol–water partition coefficient (Wildman–Crippen LogP) is 9.91. The first kappa shape index (κ1) is 33.4. The van der Waals surface area contributed by atoms with Gasteiger partial charge in [-0.05, 0) is 38.8 Å². The molecule has 0 atom stereocenters. The van der Waals surface area contributed by atoms with Crippen LogP contribution in [0.4, 0.5) is 0 Å². The normalized spacial score (nSPS) is 11.2. The molecule has 0 rings (SSSR count). The predicted molar refractivity (Wildman–Crippen MR) is 151 cm³/mol. The molecule has 0 radical (unpaired) electrons. The van der Waals surface area contributed by atoms with Gasteiger partial charge in [-0.2, -0.15) is 0 Å². The van der Waals surface area contributed by atoms with Gasteiger partial charge in [0.15, 0.2) is 0 Å². The largest absolute Gasteiger partial charge is 0.466 e. The van der Waals surface area contributed by atoms with E-state index in [4.69, 9.17) is 4.74 Å². The molecule has 3 heteroatoms. The summed E-state index contributed by atoms with van der Waals surface area (Å²) in [6, 6.07) is 0. The summed E-state index contributed by atoms with van der Waals surface area (Å²) < 4.78 is 5.32. The smallest absolute Gasteiger partial charge is 0.305 e. The lowest BCUT2D eigenvalue weighted by Crippen LogP contribution is -2.16. The molecule has 3 nitrogen and oxygen atoms in total. The van der Waals surface area contributed by atoms with E-state index in [9.17, 15) is 4.79 Å². The van der Waals surface area contributed by atoms with E-state index >= 15 is 0 Å². The molecule has 0 aromatic carbocycles. The van der Waals surface area contributed by atoms with Crippen LogP contribution in [0.5, 0.6) is 0 Å². The Hall–Kier alpha value is -0.570. The maximum absolute atomic E-state index is 11.7. The minimum absolute atomic E-state index is 0.00165. The van der Waals surface area contributed by atoms with E-state index in [0.29, 0.717) is 13.0 Å². The van der Waals surface area contributed by atoms with Crippen LogP contribution >= 0.6 is 0 Å². The van der Waals surface area contributed by atoms with Crippen molar-refractivity contribution in [2.45, 2.75) is 174 Å². The molecule has 0 aliphatic carbocycles. The maximum atomic E-state index is 11.7. The highest BCUT2D eigenvalue weighted by atomic mass is 16.5. The Balaban J connectivity index is 3.09. The van der Waals surface area contributed by atoms with Crippen LogP contribution in [0, 0.1) is 0 Å². The van der Waals surface area contributed by atoms with Gasteiger partial charge in [0, 0.05) is 6.42 Å². The molecular weight excluding hydrogens is 418 g/mol. The summed E-state index contributed by atoms with van der Waals surface area (Å²) in [4.78, 5) is 11.7. The van der Waals surface area contributed by atoms with Crippen LogP contribution in [0.3, 0.4) is 0 Å². The van der Waals surface area contributed by atoms with Gasteiger partial charge in [-0.25, -0.2) is 0 Å². The number of ether oxygens (including phenoxy) is 1. The SMILES string of the molecule is CCCCCCCCCCCCCCCCCNCCCCCCC(=O)OCCCCCCC. The first-order valence-corrected chi connectivity index (χ1v) is 15.7. The van der Waals surface area contributed by atoms with Gasteiger partial charge < -0.3 is 10.1 Å². The third-order valence-corrected chi connectivity index (χ3v) is 6.95. The minimum Gasteiger partial charge on any atom is -0.466 e. The third kappa shape index (κ3) is 29.5. The molecule has 204 valence electrons. The fourth-order valence-electron chi connectivity index (χ4n) is 4.58. The second kappa shape index (κ2) is 30.5. The first-order valence-electron chi connectivity index (χ1n) is 15.7. The molecule has 0 aromatic rings. The van der Waals surface area contributed by atoms with Crippen LogP contribution in [0.15, 0.2) is 0 Å². The van der Waals surface area contributed by atoms with Gasteiger partial charge in [0.25, 0.3) is 0 Å². The average Bonchev–Trinajstić information content (AvgIpc) is 2.84. The van der Waals surface area contributed by atoms with Crippen molar-refractivity contribution in [3.8, 4) is 0 Å². The summed E-state index contributed by atoms with van der Waals surface area (Å²) in [7, 11) is 0. The first-order chi connectivity index (χ1) is 16.8. The van der Waals surface area contributed by atoms with Crippen LogP contribution in [-0.2, 0) is 9.53 Å². The summed E-state index contributed by atoms with van der Waals surface area (Å²) in [5, 5.41) is 3.59. The number of carbonyl (C=O) groups is 1. The van der Waals surface area contributed by atoms with E-state index in [-0.39, 0.29) is 5.97 Å². The van der Waals surface area contributed by atoms with Gasteiger partial charge in [0.05, 0.1) is 6.61 Å². The molecule has 34 heavy (non-hydrogen) atoms. The van der Waals surface area contributed by atoms with Crippen molar-refractivity contribution in [2.24, 2.45) is 0 Å². The lowest BCUT2D eigenvalue weighted by molar-refractivity contribution is -0.143. The zero-order chi connectivity index (χ0) is 24.8. The molecule has 0 aromatic heterocycles. The van der Waals surface area contributed by atoms with Gasteiger partial charge in [0.1, 0.15) is 0 Å². The molecule has 0 aliphatic rings. The lowest BCUT2D eigenvalue weighted by Gasteiger charge is -2.06. The summed E-state index contributed by atoms with van der Waals surface area (Å²) >= 11 is 0. The topological polar surface area (TPSA) is 38.3 Å². The number of hydrogen-bond acceptors (Lipinski definition) is 3. The van der Waals surface area contributed by atoms with Gasteiger partial charge >= 0.3 is 5.97 Å². The van der Waals surface area contributed by atoms with E-state index in [1.165, 1.54) is 141 Å². The highest BCUT2D eigenvalue weighted by Crippen LogP contribution is 2.13. The van der Waals surface area contributed by atoms with Gasteiger partial charge in [0.2, 0.25) is 0 Å². The molecule has 1 N–H and O–H groups in total. The fourth-order valence-corrected chi connectivity index (χ4v) is 4.58. The molecule has 0 saturated heterocycles. The minimum atomic E-state index is 0.00165. The molecule has 0 amide bonds. The van der Waals surface area contributed by atoms with E-state index in [1.807, 2.05) is 0 Å². The number of esters is 1. The molecule has 0 spiro atoms. The summed E-state index contributed by atoms with van der Waals surface area (Å²) in [6.07, 6.45) is 32.6. The molecule has 0 heterocycles. The highest BCUT2D eigenvalue weighted by molar-refractivity contribution is 5.69. The van der Waals surface area contributed by atoms with Gasteiger partial charge in [-0.1, -0.05) is 142 Å². The van der Waals surface area contributed by atoms with Crippen LogP contribution in [0.2, 0.25) is 0 Å². The average molecular weight is 482 g/mol. The second-order valence-electron chi connectivity index (χ2n) is 10.5. The Kier molecular flexibility index (Phi) is 30.0. The molecule has 0 fully saturated rings. The fraction of sp³-hybridized carbons (Fsp3) is 0.968. The van der Waals surface area contributed by atoms with E-state index in [1.54, 1.807) is 0 Å². The zero-order valence-electron chi connectivity index (χ0n) is 23.6. The van der Waals surface area contributed by atoms with Crippen molar-refractivity contribution >= 4 is 5.97 Å². The third-order valence-electron chi connectivity index (χ3n) is 6.95. The van der Waals surface area contributed by atoms with Gasteiger partial charge in [-0.3, -0.25) is 4.79 Å². The van der Waals surface area contributed by atoms with Crippen molar-refractivity contribution in [3.63, 3.8) is 0 Å². The number of carbonyl (C=O) groups excluding carboxylic acids is 1.